The van der Waals surface area contributed by atoms with E-state index in [4.69, 9.17) is 5.73 Å². The van der Waals surface area contributed by atoms with Gasteiger partial charge in [-0.3, -0.25) is 0 Å². The molecule has 1 aliphatic rings. The third kappa shape index (κ3) is 1.50. The van der Waals surface area contributed by atoms with Gasteiger partial charge in [-0.05, 0) is 18.8 Å². The fourth-order valence-corrected chi connectivity index (χ4v) is 1.68. The highest BCUT2D eigenvalue weighted by Gasteiger charge is 2.48. The van der Waals surface area contributed by atoms with Crippen molar-refractivity contribution < 1.29 is 0 Å². The van der Waals surface area contributed by atoms with Gasteiger partial charge < -0.3 is 5.73 Å². The first-order valence-corrected chi connectivity index (χ1v) is 4.60. The van der Waals surface area contributed by atoms with Gasteiger partial charge in [0.15, 0.2) is 0 Å². The van der Waals surface area contributed by atoms with Gasteiger partial charge in [0, 0.05) is 17.7 Å². The summed E-state index contributed by atoms with van der Waals surface area (Å²) in [6, 6.07) is 1.80. The molecule has 2 N–H and O–H groups in total. The third-order valence-corrected chi connectivity index (χ3v) is 2.72. The number of aromatic nitrogens is 2. The zero-order valence-electron chi connectivity index (χ0n) is 8.33. The molecule has 1 aromatic rings. The Morgan fingerprint density at radius 3 is 2.54 bits per heavy atom. The van der Waals surface area contributed by atoms with Gasteiger partial charge in [-0.2, -0.15) is 0 Å². The van der Waals surface area contributed by atoms with E-state index in [-0.39, 0.29) is 0 Å². The van der Waals surface area contributed by atoms with Crippen molar-refractivity contribution in [1.29, 1.82) is 0 Å². The van der Waals surface area contributed by atoms with Crippen LogP contribution in [0.25, 0.3) is 0 Å². The number of hydrogen-bond donors (Lipinski definition) is 1. The lowest BCUT2D eigenvalue weighted by Gasteiger charge is -2.04. The number of anilines is 1. The molecule has 0 saturated heterocycles. The van der Waals surface area contributed by atoms with Gasteiger partial charge in [0.25, 0.3) is 0 Å². The quantitative estimate of drug-likeness (QED) is 0.712. The van der Waals surface area contributed by atoms with Crippen molar-refractivity contribution in [2.45, 2.75) is 33.1 Å². The predicted molar refractivity (Wildman–Crippen MR) is 52.3 cm³/mol. The summed E-state index contributed by atoms with van der Waals surface area (Å²) in [5.74, 6) is 2.02. The molecule has 0 spiro atoms. The van der Waals surface area contributed by atoms with E-state index in [0.717, 1.165) is 11.5 Å². The Hall–Kier alpha value is -1.12. The predicted octanol–water partition coefficient (Wildman–Crippen LogP) is 1.88. The Labute approximate surface area is 78.4 Å². The van der Waals surface area contributed by atoms with Gasteiger partial charge in [0.2, 0.25) is 0 Å². The molecule has 0 aromatic carbocycles. The zero-order chi connectivity index (χ0) is 9.64. The lowest BCUT2D eigenvalue weighted by molar-refractivity contribution is 0.608. The van der Waals surface area contributed by atoms with Gasteiger partial charge in [0.1, 0.15) is 11.6 Å². The number of aryl methyl sites for hydroxylation is 1. The highest BCUT2D eigenvalue weighted by atomic mass is 15.0. The summed E-state index contributed by atoms with van der Waals surface area (Å²) in [6.07, 6.45) is 1.18. The summed E-state index contributed by atoms with van der Waals surface area (Å²) in [5, 5.41) is 0. The lowest BCUT2D eigenvalue weighted by Crippen LogP contribution is -2.02. The summed E-state index contributed by atoms with van der Waals surface area (Å²) >= 11 is 0. The number of nitrogen functional groups attached to an aromatic ring is 1. The number of nitrogens with zero attached hydrogens (tertiary/aromatic N) is 2. The Kier molecular flexibility index (Phi) is 1.59. The van der Waals surface area contributed by atoms with E-state index in [2.05, 4.69) is 23.8 Å². The maximum atomic E-state index is 5.66. The van der Waals surface area contributed by atoms with Crippen molar-refractivity contribution in [3.8, 4) is 0 Å². The minimum absolute atomic E-state index is 0.375. The van der Waals surface area contributed by atoms with Crippen LogP contribution in [0.1, 0.15) is 37.7 Å². The van der Waals surface area contributed by atoms with Crippen LogP contribution in [0.5, 0.6) is 0 Å². The first kappa shape index (κ1) is 8.48. The highest BCUT2D eigenvalue weighted by molar-refractivity contribution is 5.31. The van der Waals surface area contributed by atoms with Crippen molar-refractivity contribution in [2.24, 2.45) is 5.41 Å². The smallest absolute Gasteiger partial charge is 0.134 e. The Bertz CT molecular complexity index is 324. The van der Waals surface area contributed by atoms with Crippen LogP contribution in [0, 0.1) is 12.3 Å². The summed E-state index contributed by atoms with van der Waals surface area (Å²) in [4.78, 5) is 8.66. The normalized spacial score (nSPS) is 24.4. The Morgan fingerprint density at radius 1 is 1.46 bits per heavy atom. The second kappa shape index (κ2) is 2.44. The SMILES string of the molecule is Cc1cc(N)nc(C2CC2(C)C)n1. The molecule has 1 saturated carbocycles. The number of rotatable bonds is 1. The molecule has 1 aliphatic carbocycles. The van der Waals surface area contributed by atoms with Crippen LogP contribution in [0.3, 0.4) is 0 Å². The molecule has 0 radical (unpaired) electrons. The largest absolute Gasteiger partial charge is 0.384 e. The lowest BCUT2D eigenvalue weighted by atomic mass is 10.1. The molecule has 0 aliphatic heterocycles. The van der Waals surface area contributed by atoms with Crippen molar-refractivity contribution in [1.82, 2.24) is 9.97 Å². The summed E-state index contributed by atoms with van der Waals surface area (Å²) in [6.45, 7) is 6.43. The highest BCUT2D eigenvalue weighted by Crippen LogP contribution is 2.57. The summed E-state index contributed by atoms with van der Waals surface area (Å²) < 4.78 is 0. The molecule has 2 rings (SSSR count). The number of hydrogen-bond acceptors (Lipinski definition) is 3. The van der Waals surface area contributed by atoms with E-state index in [1.165, 1.54) is 6.42 Å². The minimum Gasteiger partial charge on any atom is -0.384 e. The molecular weight excluding hydrogens is 162 g/mol. The maximum absolute atomic E-state index is 5.66. The van der Waals surface area contributed by atoms with Gasteiger partial charge in [-0.15, -0.1) is 0 Å². The van der Waals surface area contributed by atoms with E-state index in [1.54, 1.807) is 6.07 Å². The van der Waals surface area contributed by atoms with Crippen molar-refractivity contribution >= 4 is 5.82 Å². The van der Waals surface area contributed by atoms with E-state index in [9.17, 15) is 0 Å². The van der Waals surface area contributed by atoms with Gasteiger partial charge in [-0.25, -0.2) is 9.97 Å². The van der Waals surface area contributed by atoms with Crippen LogP contribution >= 0.6 is 0 Å². The molecule has 1 fully saturated rings. The van der Waals surface area contributed by atoms with E-state index < -0.39 is 0 Å². The maximum Gasteiger partial charge on any atom is 0.134 e. The van der Waals surface area contributed by atoms with Crippen molar-refractivity contribution in [3.63, 3.8) is 0 Å². The van der Waals surface area contributed by atoms with Crippen LogP contribution in [0.15, 0.2) is 6.07 Å². The fraction of sp³-hybridized carbons (Fsp3) is 0.600. The number of nitrogens with two attached hydrogens (primary N) is 1. The van der Waals surface area contributed by atoms with Gasteiger partial charge >= 0.3 is 0 Å². The molecule has 13 heavy (non-hydrogen) atoms. The molecule has 3 heteroatoms. The Balaban J connectivity index is 2.32. The molecule has 1 unspecified atom stereocenters. The average Bonchev–Trinajstić information content (AvgIpc) is 2.57. The van der Waals surface area contributed by atoms with Crippen LogP contribution in [-0.4, -0.2) is 9.97 Å². The van der Waals surface area contributed by atoms with E-state index in [0.29, 0.717) is 17.2 Å². The second-order valence-corrected chi connectivity index (χ2v) is 4.54. The molecule has 3 nitrogen and oxygen atoms in total. The minimum atomic E-state index is 0.375. The molecule has 0 amide bonds. The first-order valence-electron chi connectivity index (χ1n) is 4.60. The first-order chi connectivity index (χ1) is 5.99. The zero-order valence-corrected chi connectivity index (χ0v) is 8.33. The standard InChI is InChI=1S/C10H15N3/c1-6-4-8(11)13-9(12-6)7-5-10(7,2)3/h4,7H,5H2,1-3H3,(H2,11,12,13). The Morgan fingerprint density at radius 2 is 2.08 bits per heavy atom. The molecule has 1 aromatic heterocycles. The monoisotopic (exact) mass is 177 g/mol. The van der Waals surface area contributed by atoms with Gasteiger partial charge in [0.05, 0.1) is 0 Å². The van der Waals surface area contributed by atoms with E-state index >= 15 is 0 Å². The summed E-state index contributed by atoms with van der Waals surface area (Å²) in [5.41, 5.74) is 7.00. The van der Waals surface area contributed by atoms with Crippen LogP contribution < -0.4 is 5.73 Å². The van der Waals surface area contributed by atoms with Crippen molar-refractivity contribution in [2.75, 3.05) is 5.73 Å². The third-order valence-electron chi connectivity index (χ3n) is 2.72. The van der Waals surface area contributed by atoms with E-state index in [1.807, 2.05) is 6.92 Å². The topological polar surface area (TPSA) is 51.8 Å². The molecule has 1 atom stereocenters. The molecule has 70 valence electrons. The van der Waals surface area contributed by atoms with Gasteiger partial charge in [-0.1, -0.05) is 13.8 Å². The van der Waals surface area contributed by atoms with Crippen LogP contribution in [-0.2, 0) is 0 Å². The van der Waals surface area contributed by atoms with Crippen LogP contribution in [0.4, 0.5) is 5.82 Å². The van der Waals surface area contributed by atoms with Crippen LogP contribution in [0.2, 0.25) is 0 Å². The summed E-state index contributed by atoms with van der Waals surface area (Å²) in [7, 11) is 0. The average molecular weight is 177 g/mol. The molecule has 0 bridgehead atoms. The molecule has 1 heterocycles. The fourth-order valence-electron chi connectivity index (χ4n) is 1.68. The molecular formula is C10H15N3. The van der Waals surface area contributed by atoms with Crippen molar-refractivity contribution in [3.05, 3.63) is 17.6 Å². The second-order valence-electron chi connectivity index (χ2n) is 4.54.